The van der Waals surface area contributed by atoms with Crippen LogP contribution in [0, 0.1) is 0 Å². The van der Waals surface area contributed by atoms with Crippen molar-refractivity contribution >= 4 is 17.5 Å². The fourth-order valence-corrected chi connectivity index (χ4v) is 7.33. The summed E-state index contributed by atoms with van der Waals surface area (Å²) in [6.07, 6.45) is -0.179. The number of aliphatic hydroxyl groups excluding tert-OH is 1. The molecule has 4 heterocycles. The molecule has 2 N–H and O–H groups in total. The zero-order chi connectivity index (χ0) is 32.3. The lowest BCUT2D eigenvalue weighted by Gasteiger charge is -2.39. The van der Waals surface area contributed by atoms with Crippen LogP contribution in [0.3, 0.4) is 0 Å². The Bertz CT molecular complexity index is 1350. The predicted molar refractivity (Wildman–Crippen MR) is 165 cm³/mol. The van der Waals surface area contributed by atoms with Crippen LogP contribution < -0.4 is 5.32 Å². The first-order chi connectivity index (χ1) is 22.2. The lowest BCUT2D eigenvalue weighted by molar-refractivity contribution is -0.253. The number of rotatable bonds is 9. The van der Waals surface area contributed by atoms with Crippen LogP contribution in [0.5, 0.6) is 0 Å². The predicted octanol–water partition coefficient (Wildman–Crippen LogP) is 4.78. The maximum Gasteiger partial charge on any atom is 0.471 e. The van der Waals surface area contributed by atoms with Gasteiger partial charge in [0.05, 0.1) is 18.8 Å². The summed E-state index contributed by atoms with van der Waals surface area (Å²) in [5.74, 6) is -2.65. The summed E-state index contributed by atoms with van der Waals surface area (Å²) in [4.78, 5) is 30.7. The summed E-state index contributed by atoms with van der Waals surface area (Å²) in [6.45, 7) is 5.04. The van der Waals surface area contributed by atoms with Crippen molar-refractivity contribution in [2.75, 3.05) is 44.6 Å². The number of amides is 2. The third-order valence-electron chi connectivity index (χ3n) is 9.70. The van der Waals surface area contributed by atoms with E-state index in [2.05, 4.69) is 15.1 Å². The largest absolute Gasteiger partial charge is 0.471 e. The Labute approximate surface area is 267 Å². The Morgan fingerprint density at radius 1 is 0.891 bits per heavy atom. The Hall–Kier alpha value is -3.03. The lowest BCUT2D eigenvalue weighted by Crippen LogP contribution is -2.48. The molecule has 0 bridgehead atoms. The smallest absolute Gasteiger partial charge is 0.392 e. The third-order valence-corrected chi connectivity index (χ3v) is 9.70. The van der Waals surface area contributed by atoms with Crippen LogP contribution in [0.15, 0.2) is 48.5 Å². The summed E-state index contributed by atoms with van der Waals surface area (Å²) >= 11 is 0. The minimum absolute atomic E-state index is 0.0466. The molecule has 5 atom stereocenters. The fraction of sp³-hybridized carbons (Fsp3) is 0.588. The first-order valence-corrected chi connectivity index (χ1v) is 16.4. The number of likely N-dealkylation sites (tertiary alicyclic amines) is 3. The Balaban J connectivity index is 1.18. The minimum Gasteiger partial charge on any atom is -0.392 e. The molecule has 0 saturated carbocycles. The quantitative estimate of drug-likeness (QED) is 0.406. The molecule has 4 aliphatic rings. The van der Waals surface area contributed by atoms with Gasteiger partial charge in [0.25, 0.3) is 0 Å². The number of benzene rings is 2. The van der Waals surface area contributed by atoms with Gasteiger partial charge in [-0.15, -0.1) is 0 Å². The number of halogens is 3. The molecular formula is C34H43F3N4O5. The zero-order valence-electron chi connectivity index (χ0n) is 26.0. The molecule has 2 aromatic rings. The zero-order valence-corrected chi connectivity index (χ0v) is 26.0. The van der Waals surface area contributed by atoms with E-state index >= 15 is 0 Å². The number of aliphatic hydroxyl groups is 1. The Morgan fingerprint density at radius 3 is 2.39 bits per heavy atom. The summed E-state index contributed by atoms with van der Waals surface area (Å²) in [7, 11) is 0. The van der Waals surface area contributed by atoms with Gasteiger partial charge in [0.2, 0.25) is 5.91 Å². The molecule has 4 aliphatic heterocycles. The van der Waals surface area contributed by atoms with Crippen molar-refractivity contribution < 1.29 is 37.3 Å². The van der Waals surface area contributed by atoms with Gasteiger partial charge in [0.1, 0.15) is 6.04 Å². The first kappa shape index (κ1) is 32.9. The van der Waals surface area contributed by atoms with Crippen molar-refractivity contribution in [1.82, 2.24) is 14.7 Å². The molecule has 2 aromatic carbocycles. The van der Waals surface area contributed by atoms with E-state index in [4.69, 9.17) is 9.47 Å². The van der Waals surface area contributed by atoms with Crippen molar-refractivity contribution in [1.29, 1.82) is 0 Å². The van der Waals surface area contributed by atoms with E-state index in [1.165, 1.54) is 19.3 Å². The van der Waals surface area contributed by atoms with Crippen molar-refractivity contribution in [2.45, 2.75) is 88.3 Å². The Kier molecular flexibility index (Phi) is 10.3. The van der Waals surface area contributed by atoms with E-state index in [9.17, 15) is 27.9 Å². The molecule has 0 aromatic heterocycles. The van der Waals surface area contributed by atoms with Gasteiger partial charge in [-0.05, 0) is 81.4 Å². The number of hydrogen-bond donors (Lipinski definition) is 2. The normalized spacial score (nSPS) is 27.7. The van der Waals surface area contributed by atoms with Crippen molar-refractivity contribution in [2.24, 2.45) is 0 Å². The van der Waals surface area contributed by atoms with Crippen molar-refractivity contribution in [3.63, 3.8) is 0 Å². The number of nitrogens with zero attached hydrogens (tertiary/aromatic N) is 3. The van der Waals surface area contributed by atoms with Gasteiger partial charge in [-0.3, -0.25) is 14.5 Å². The summed E-state index contributed by atoms with van der Waals surface area (Å²) in [5, 5.41) is 12.3. The van der Waals surface area contributed by atoms with E-state index in [1.807, 2.05) is 30.3 Å². The molecule has 46 heavy (non-hydrogen) atoms. The highest BCUT2D eigenvalue weighted by molar-refractivity contribution is 5.98. The number of alkyl halides is 3. The van der Waals surface area contributed by atoms with Gasteiger partial charge in [0, 0.05) is 43.3 Å². The van der Waals surface area contributed by atoms with Gasteiger partial charge in [0.15, 0.2) is 6.29 Å². The first-order valence-electron chi connectivity index (χ1n) is 16.4. The second kappa shape index (κ2) is 14.4. The van der Waals surface area contributed by atoms with E-state index in [-0.39, 0.29) is 31.8 Å². The second-order valence-electron chi connectivity index (χ2n) is 12.9. The van der Waals surface area contributed by atoms with Crippen LogP contribution in [-0.4, -0.2) is 95.3 Å². The molecule has 0 radical (unpaired) electrons. The summed E-state index contributed by atoms with van der Waals surface area (Å²) < 4.78 is 52.5. The van der Waals surface area contributed by atoms with Crippen molar-refractivity contribution in [3.05, 3.63) is 65.2 Å². The number of hydrogen-bond acceptors (Lipinski definition) is 7. The lowest BCUT2D eigenvalue weighted by atomic mass is 9.99. The molecule has 0 spiro atoms. The Morgan fingerprint density at radius 2 is 1.65 bits per heavy atom. The van der Waals surface area contributed by atoms with Crippen LogP contribution in [0.25, 0.3) is 0 Å². The minimum atomic E-state index is -5.03. The molecule has 6 rings (SSSR count). The van der Waals surface area contributed by atoms with Crippen LogP contribution in [0.1, 0.15) is 74.0 Å². The van der Waals surface area contributed by atoms with Crippen LogP contribution in [-0.2, 0) is 25.7 Å². The number of carbonyl (C=O) groups is 2. The van der Waals surface area contributed by atoms with Crippen LogP contribution in [0.2, 0.25) is 0 Å². The number of ether oxygens (including phenoxy) is 2. The second-order valence-corrected chi connectivity index (χ2v) is 12.9. The third kappa shape index (κ3) is 7.74. The molecule has 4 fully saturated rings. The number of carbonyl (C=O) groups excluding carboxylic acids is 2. The van der Waals surface area contributed by atoms with Gasteiger partial charge in [-0.1, -0.05) is 36.4 Å². The molecule has 250 valence electrons. The SMILES string of the molecule is O=C(Nc1cccc(C2OC(CN3CCCC3CN3CCCC3)CC(c3ccc(CO)cc3)O2)c1)C1CCCN1C(=O)C(F)(F)F. The topological polar surface area (TPSA) is 94.6 Å². The molecule has 4 saturated heterocycles. The van der Waals surface area contributed by atoms with E-state index in [0.29, 0.717) is 35.0 Å². The maximum atomic E-state index is 13.1. The van der Waals surface area contributed by atoms with Crippen LogP contribution in [0.4, 0.5) is 18.9 Å². The van der Waals surface area contributed by atoms with Gasteiger partial charge in [-0.25, -0.2) is 0 Å². The average Bonchev–Trinajstić information content (AvgIpc) is 3.84. The molecule has 9 nitrogen and oxygen atoms in total. The summed E-state index contributed by atoms with van der Waals surface area (Å²) in [6, 6.07) is 14.0. The van der Waals surface area contributed by atoms with E-state index < -0.39 is 30.3 Å². The van der Waals surface area contributed by atoms with E-state index in [0.717, 1.165) is 50.3 Å². The van der Waals surface area contributed by atoms with Gasteiger partial charge in [-0.2, -0.15) is 13.2 Å². The van der Waals surface area contributed by atoms with Gasteiger partial charge >= 0.3 is 12.1 Å². The van der Waals surface area contributed by atoms with E-state index in [1.54, 1.807) is 18.2 Å². The highest BCUT2D eigenvalue weighted by Gasteiger charge is 2.47. The highest BCUT2D eigenvalue weighted by Crippen LogP contribution is 2.39. The molecular weight excluding hydrogens is 601 g/mol. The number of anilines is 1. The van der Waals surface area contributed by atoms with Crippen molar-refractivity contribution in [3.8, 4) is 0 Å². The molecule has 5 unspecified atom stereocenters. The molecule has 12 heteroatoms. The standard InChI is InChI=1S/C34H43F3N4O5/c35-34(36,37)33(44)41-17-5-9-29(41)31(43)38-26-7-3-6-25(18-26)32-45-28(19-30(46-32)24-12-10-23(22-42)11-13-24)21-40-16-4-8-27(40)20-39-14-1-2-15-39/h3,6-7,10-13,18,27-30,32,42H,1-2,4-5,8-9,14-17,19-22H2,(H,38,43). The highest BCUT2D eigenvalue weighted by atomic mass is 19.4. The maximum absolute atomic E-state index is 13.1. The number of nitrogens with one attached hydrogen (secondary N) is 1. The summed E-state index contributed by atoms with van der Waals surface area (Å²) in [5.41, 5.74) is 2.85. The average molecular weight is 645 g/mol. The van der Waals surface area contributed by atoms with Crippen LogP contribution >= 0.6 is 0 Å². The monoisotopic (exact) mass is 644 g/mol. The fourth-order valence-electron chi connectivity index (χ4n) is 7.33. The van der Waals surface area contributed by atoms with Gasteiger partial charge < -0.3 is 29.7 Å². The molecule has 2 amide bonds. The molecule has 0 aliphatic carbocycles.